The maximum Gasteiger partial charge on any atom is 0.168 e. The molecule has 0 unspecified atom stereocenters. The SMILES string of the molecule is Cc1cc(/C=N/Nc2ccc(Cl)nn2)c(C)n1CC(C)C. The van der Waals surface area contributed by atoms with Gasteiger partial charge in [0, 0.05) is 23.5 Å². The summed E-state index contributed by atoms with van der Waals surface area (Å²) >= 11 is 5.68. The van der Waals surface area contributed by atoms with Crippen LogP contribution in [0.3, 0.4) is 0 Å². The topological polar surface area (TPSA) is 55.1 Å². The van der Waals surface area contributed by atoms with Gasteiger partial charge < -0.3 is 4.57 Å². The third kappa shape index (κ3) is 4.04. The Bertz CT molecular complexity index is 628. The van der Waals surface area contributed by atoms with E-state index in [0.717, 1.165) is 12.1 Å². The standard InChI is InChI=1S/C15H20ClN5/c1-10(2)9-21-11(3)7-13(12(21)4)8-17-19-15-6-5-14(16)18-20-15/h5-8,10H,9H2,1-4H3,(H,19,20)/b17-8+. The molecule has 0 spiro atoms. The van der Waals surface area contributed by atoms with Crippen LogP contribution in [0.25, 0.3) is 0 Å². The highest BCUT2D eigenvalue weighted by molar-refractivity contribution is 6.29. The molecule has 2 aromatic rings. The van der Waals surface area contributed by atoms with Gasteiger partial charge in [-0.05, 0) is 38.0 Å². The molecule has 0 aliphatic heterocycles. The van der Waals surface area contributed by atoms with E-state index in [9.17, 15) is 0 Å². The fourth-order valence-electron chi connectivity index (χ4n) is 2.15. The summed E-state index contributed by atoms with van der Waals surface area (Å²) in [6, 6.07) is 5.53. The highest BCUT2D eigenvalue weighted by atomic mass is 35.5. The van der Waals surface area contributed by atoms with Gasteiger partial charge in [-0.3, -0.25) is 5.43 Å². The van der Waals surface area contributed by atoms with Crippen molar-refractivity contribution in [1.82, 2.24) is 14.8 Å². The van der Waals surface area contributed by atoms with Gasteiger partial charge in [-0.2, -0.15) is 5.10 Å². The lowest BCUT2D eigenvalue weighted by Gasteiger charge is -2.11. The van der Waals surface area contributed by atoms with Crippen molar-refractivity contribution in [3.8, 4) is 0 Å². The third-order valence-corrected chi connectivity index (χ3v) is 3.38. The summed E-state index contributed by atoms with van der Waals surface area (Å²) in [5.41, 5.74) is 6.41. The summed E-state index contributed by atoms with van der Waals surface area (Å²) < 4.78 is 2.31. The minimum absolute atomic E-state index is 0.363. The van der Waals surface area contributed by atoms with E-state index in [4.69, 9.17) is 11.6 Å². The van der Waals surface area contributed by atoms with Crippen LogP contribution in [-0.2, 0) is 6.54 Å². The molecule has 6 heteroatoms. The van der Waals surface area contributed by atoms with Gasteiger partial charge >= 0.3 is 0 Å². The number of hydrazone groups is 1. The second kappa shape index (κ2) is 6.72. The molecule has 0 saturated carbocycles. The average Bonchev–Trinajstić information content (AvgIpc) is 2.68. The van der Waals surface area contributed by atoms with Crippen LogP contribution >= 0.6 is 11.6 Å². The quantitative estimate of drug-likeness (QED) is 0.677. The second-order valence-corrected chi connectivity index (χ2v) is 5.83. The van der Waals surface area contributed by atoms with Gasteiger partial charge in [0.25, 0.3) is 0 Å². The number of aryl methyl sites for hydroxylation is 1. The zero-order chi connectivity index (χ0) is 15.4. The van der Waals surface area contributed by atoms with E-state index in [-0.39, 0.29) is 0 Å². The van der Waals surface area contributed by atoms with Crippen LogP contribution in [0.2, 0.25) is 5.15 Å². The molecule has 0 fully saturated rings. The minimum Gasteiger partial charge on any atom is -0.348 e. The predicted molar refractivity (Wildman–Crippen MR) is 87.0 cm³/mol. The lowest BCUT2D eigenvalue weighted by molar-refractivity contribution is 0.509. The molecule has 5 nitrogen and oxygen atoms in total. The minimum atomic E-state index is 0.363. The number of anilines is 1. The van der Waals surface area contributed by atoms with Crippen molar-refractivity contribution in [3.05, 3.63) is 40.3 Å². The van der Waals surface area contributed by atoms with Crippen molar-refractivity contribution in [3.63, 3.8) is 0 Å². The van der Waals surface area contributed by atoms with Crippen molar-refractivity contribution < 1.29 is 0 Å². The molecule has 0 amide bonds. The van der Waals surface area contributed by atoms with Gasteiger partial charge in [-0.25, -0.2) is 0 Å². The monoisotopic (exact) mass is 305 g/mol. The molecular formula is C15H20ClN5. The van der Waals surface area contributed by atoms with Crippen molar-refractivity contribution in [2.45, 2.75) is 34.2 Å². The fraction of sp³-hybridized carbons (Fsp3) is 0.400. The summed E-state index contributed by atoms with van der Waals surface area (Å²) in [7, 11) is 0. The first-order valence-electron chi connectivity index (χ1n) is 6.92. The Morgan fingerprint density at radius 2 is 2.10 bits per heavy atom. The Morgan fingerprint density at radius 3 is 2.71 bits per heavy atom. The molecule has 2 rings (SSSR count). The fourth-order valence-corrected chi connectivity index (χ4v) is 2.25. The molecule has 0 bridgehead atoms. The van der Waals surface area contributed by atoms with Gasteiger partial charge in [-0.1, -0.05) is 25.4 Å². The summed E-state index contributed by atoms with van der Waals surface area (Å²) in [5.74, 6) is 1.17. The number of nitrogens with one attached hydrogen (secondary N) is 1. The van der Waals surface area contributed by atoms with E-state index in [1.54, 1.807) is 18.3 Å². The molecule has 112 valence electrons. The van der Waals surface area contributed by atoms with Crippen LogP contribution in [0.5, 0.6) is 0 Å². The van der Waals surface area contributed by atoms with Gasteiger partial charge in [0.2, 0.25) is 0 Å². The first-order chi connectivity index (χ1) is 9.97. The van der Waals surface area contributed by atoms with E-state index in [2.05, 4.69) is 59.1 Å². The zero-order valence-corrected chi connectivity index (χ0v) is 13.5. The Labute approximate surface area is 130 Å². The lowest BCUT2D eigenvalue weighted by atomic mass is 10.2. The maximum absolute atomic E-state index is 5.68. The molecule has 0 aliphatic rings. The molecule has 0 saturated heterocycles. The summed E-state index contributed by atoms with van der Waals surface area (Å²) in [4.78, 5) is 0. The molecule has 1 N–H and O–H groups in total. The van der Waals surface area contributed by atoms with Crippen LogP contribution in [0.4, 0.5) is 5.82 Å². The summed E-state index contributed by atoms with van der Waals surface area (Å²) in [6.45, 7) is 9.67. The number of rotatable bonds is 5. The predicted octanol–water partition coefficient (Wildman–Crippen LogP) is 3.65. The normalized spacial score (nSPS) is 11.5. The Morgan fingerprint density at radius 1 is 1.33 bits per heavy atom. The number of hydrogen-bond acceptors (Lipinski definition) is 4. The van der Waals surface area contributed by atoms with Crippen LogP contribution < -0.4 is 5.43 Å². The largest absolute Gasteiger partial charge is 0.348 e. The molecule has 0 aliphatic carbocycles. The van der Waals surface area contributed by atoms with Gasteiger partial charge in [0.15, 0.2) is 11.0 Å². The molecular weight excluding hydrogens is 286 g/mol. The highest BCUT2D eigenvalue weighted by Gasteiger charge is 2.08. The van der Waals surface area contributed by atoms with E-state index in [1.807, 2.05) is 0 Å². The van der Waals surface area contributed by atoms with Crippen LogP contribution in [-0.4, -0.2) is 21.0 Å². The van der Waals surface area contributed by atoms with Crippen molar-refractivity contribution in [2.24, 2.45) is 11.0 Å². The van der Waals surface area contributed by atoms with Crippen LogP contribution in [0, 0.1) is 19.8 Å². The highest BCUT2D eigenvalue weighted by Crippen LogP contribution is 2.15. The first kappa shape index (κ1) is 15.5. The van der Waals surface area contributed by atoms with E-state index in [1.165, 1.54) is 11.4 Å². The van der Waals surface area contributed by atoms with E-state index < -0.39 is 0 Å². The Balaban J connectivity index is 2.09. The van der Waals surface area contributed by atoms with Crippen molar-refractivity contribution in [2.75, 3.05) is 5.43 Å². The molecule has 2 heterocycles. The number of aromatic nitrogens is 3. The average molecular weight is 306 g/mol. The first-order valence-corrected chi connectivity index (χ1v) is 7.30. The van der Waals surface area contributed by atoms with Crippen LogP contribution in [0.1, 0.15) is 30.8 Å². The molecule has 0 aromatic carbocycles. The Kier molecular flexibility index (Phi) is 4.96. The summed E-state index contributed by atoms with van der Waals surface area (Å²) in [6.07, 6.45) is 1.80. The molecule has 21 heavy (non-hydrogen) atoms. The number of hydrogen-bond donors (Lipinski definition) is 1. The van der Waals surface area contributed by atoms with E-state index in [0.29, 0.717) is 16.9 Å². The second-order valence-electron chi connectivity index (χ2n) is 5.44. The van der Waals surface area contributed by atoms with Crippen molar-refractivity contribution in [1.29, 1.82) is 0 Å². The summed E-state index contributed by atoms with van der Waals surface area (Å²) in [5, 5.41) is 12.2. The third-order valence-electron chi connectivity index (χ3n) is 3.18. The molecule has 0 radical (unpaired) electrons. The maximum atomic E-state index is 5.68. The smallest absolute Gasteiger partial charge is 0.168 e. The van der Waals surface area contributed by atoms with Crippen LogP contribution in [0.15, 0.2) is 23.3 Å². The molecule has 0 atom stereocenters. The Hall–Kier alpha value is -1.88. The van der Waals surface area contributed by atoms with Crippen molar-refractivity contribution >= 4 is 23.6 Å². The number of nitrogens with zero attached hydrogens (tertiary/aromatic N) is 4. The molecule has 2 aromatic heterocycles. The van der Waals surface area contributed by atoms with Gasteiger partial charge in [0.1, 0.15) is 0 Å². The van der Waals surface area contributed by atoms with Gasteiger partial charge in [-0.15, -0.1) is 10.2 Å². The lowest BCUT2D eigenvalue weighted by Crippen LogP contribution is -2.08. The van der Waals surface area contributed by atoms with E-state index >= 15 is 0 Å². The van der Waals surface area contributed by atoms with Gasteiger partial charge in [0.05, 0.1) is 6.21 Å². The number of halogens is 1. The zero-order valence-electron chi connectivity index (χ0n) is 12.8.